The number of halogens is 2. The summed E-state index contributed by atoms with van der Waals surface area (Å²) in [7, 11) is 0. The molecule has 3 rings (SSSR count). The molecule has 3 heteroatoms. The molecule has 110 valence electrons. The zero-order valence-corrected chi connectivity index (χ0v) is 12.0. The van der Waals surface area contributed by atoms with Crippen molar-refractivity contribution in [1.82, 2.24) is 0 Å². The van der Waals surface area contributed by atoms with Gasteiger partial charge in [-0.2, -0.15) is 0 Å². The summed E-state index contributed by atoms with van der Waals surface area (Å²) in [6, 6.07) is 8.91. The molecule has 0 bridgehead atoms. The zero-order chi connectivity index (χ0) is 15.0. The molecule has 0 spiro atoms. The molecular formula is C18H18F2O. The van der Waals surface area contributed by atoms with E-state index in [1.165, 1.54) is 24.5 Å². The summed E-state index contributed by atoms with van der Waals surface area (Å²) in [4.78, 5) is 0. The van der Waals surface area contributed by atoms with Gasteiger partial charge in [0.2, 0.25) is 0 Å². The molecule has 1 aliphatic carbocycles. The largest absolute Gasteiger partial charge is 0.381 e. The van der Waals surface area contributed by atoms with Gasteiger partial charge in [0.25, 0.3) is 0 Å². The van der Waals surface area contributed by atoms with E-state index >= 15 is 0 Å². The number of aliphatic hydroxyl groups is 1. The van der Waals surface area contributed by atoms with Crippen LogP contribution in [0.4, 0.5) is 8.78 Å². The van der Waals surface area contributed by atoms with Gasteiger partial charge in [0.1, 0.15) is 17.2 Å². The van der Waals surface area contributed by atoms with E-state index < -0.39 is 17.2 Å². The molecule has 1 unspecified atom stereocenters. The molecule has 0 saturated heterocycles. The molecule has 2 aromatic carbocycles. The predicted octanol–water partition coefficient (Wildman–Crippen LogP) is 4.10. The lowest BCUT2D eigenvalue weighted by Gasteiger charge is -2.27. The van der Waals surface area contributed by atoms with E-state index in [0.29, 0.717) is 5.56 Å². The Kier molecular flexibility index (Phi) is 3.54. The third kappa shape index (κ3) is 2.58. The van der Waals surface area contributed by atoms with Crippen LogP contribution >= 0.6 is 0 Å². The van der Waals surface area contributed by atoms with Gasteiger partial charge in [-0.3, -0.25) is 0 Å². The van der Waals surface area contributed by atoms with Gasteiger partial charge < -0.3 is 5.11 Å². The highest BCUT2D eigenvalue weighted by atomic mass is 19.1. The summed E-state index contributed by atoms with van der Waals surface area (Å²) in [6.45, 7) is 1.51. The Balaban J connectivity index is 2.07. The lowest BCUT2D eigenvalue weighted by molar-refractivity contribution is 0.0974. The second-order valence-electron chi connectivity index (χ2n) is 5.89. The Hall–Kier alpha value is -1.74. The number of fused-ring (bicyclic) bond motifs is 1. The Morgan fingerprint density at radius 3 is 2.43 bits per heavy atom. The van der Waals surface area contributed by atoms with Gasteiger partial charge in [0, 0.05) is 5.56 Å². The van der Waals surface area contributed by atoms with Crippen LogP contribution in [0.2, 0.25) is 0 Å². The summed E-state index contributed by atoms with van der Waals surface area (Å²) >= 11 is 0. The van der Waals surface area contributed by atoms with Crippen molar-refractivity contribution < 1.29 is 13.9 Å². The van der Waals surface area contributed by atoms with Gasteiger partial charge in [-0.15, -0.1) is 0 Å². The molecule has 0 aliphatic heterocycles. The van der Waals surface area contributed by atoms with Crippen LogP contribution in [0.3, 0.4) is 0 Å². The maximum atomic E-state index is 14.0. The van der Waals surface area contributed by atoms with Gasteiger partial charge in [0.05, 0.1) is 0 Å². The van der Waals surface area contributed by atoms with Crippen LogP contribution in [-0.2, 0) is 18.4 Å². The first kappa shape index (κ1) is 14.2. The summed E-state index contributed by atoms with van der Waals surface area (Å²) in [5, 5.41) is 10.8. The van der Waals surface area contributed by atoms with Crippen molar-refractivity contribution in [2.24, 2.45) is 0 Å². The molecule has 0 fully saturated rings. The molecule has 1 nitrogen and oxygen atoms in total. The van der Waals surface area contributed by atoms with Crippen LogP contribution in [-0.4, -0.2) is 5.11 Å². The number of aryl methyl sites for hydroxylation is 2. The fraction of sp³-hybridized carbons (Fsp3) is 0.333. The van der Waals surface area contributed by atoms with E-state index in [-0.39, 0.29) is 5.56 Å². The molecule has 21 heavy (non-hydrogen) atoms. The topological polar surface area (TPSA) is 20.2 Å². The average molecular weight is 288 g/mol. The minimum Gasteiger partial charge on any atom is -0.381 e. The van der Waals surface area contributed by atoms with E-state index in [4.69, 9.17) is 0 Å². The van der Waals surface area contributed by atoms with Crippen LogP contribution in [0.25, 0.3) is 0 Å². The summed E-state index contributed by atoms with van der Waals surface area (Å²) in [6.07, 6.45) is 4.34. The van der Waals surface area contributed by atoms with Crippen molar-refractivity contribution in [1.29, 1.82) is 0 Å². The maximum Gasteiger partial charge on any atom is 0.129 e. The first-order valence-corrected chi connectivity index (χ1v) is 7.28. The molecule has 1 aliphatic rings. The zero-order valence-electron chi connectivity index (χ0n) is 12.0. The monoisotopic (exact) mass is 288 g/mol. The van der Waals surface area contributed by atoms with Crippen LogP contribution in [0.15, 0.2) is 36.4 Å². The lowest BCUT2D eigenvalue weighted by atomic mass is 9.83. The van der Waals surface area contributed by atoms with E-state index in [2.05, 4.69) is 0 Å². The first-order chi connectivity index (χ1) is 9.98. The molecule has 0 radical (unpaired) electrons. The van der Waals surface area contributed by atoms with Crippen molar-refractivity contribution in [3.8, 4) is 0 Å². The van der Waals surface area contributed by atoms with Crippen LogP contribution in [0.1, 0.15) is 42.0 Å². The fourth-order valence-electron chi connectivity index (χ4n) is 3.06. The third-order valence-electron chi connectivity index (χ3n) is 4.36. The van der Waals surface area contributed by atoms with Gasteiger partial charge in [-0.05, 0) is 67.5 Å². The summed E-state index contributed by atoms with van der Waals surface area (Å²) in [5.41, 5.74) is 1.53. The quantitative estimate of drug-likeness (QED) is 0.882. The molecule has 0 saturated carbocycles. The molecular weight excluding hydrogens is 270 g/mol. The normalized spacial score (nSPS) is 17.1. The van der Waals surface area contributed by atoms with Gasteiger partial charge >= 0.3 is 0 Å². The fourth-order valence-corrected chi connectivity index (χ4v) is 3.06. The Morgan fingerprint density at radius 2 is 1.67 bits per heavy atom. The van der Waals surface area contributed by atoms with Gasteiger partial charge in [-0.25, -0.2) is 8.78 Å². The van der Waals surface area contributed by atoms with Crippen molar-refractivity contribution in [2.75, 3.05) is 0 Å². The maximum absolute atomic E-state index is 14.0. The highest BCUT2D eigenvalue weighted by Gasteiger charge is 2.30. The number of benzene rings is 2. The number of hydrogen-bond donors (Lipinski definition) is 1. The van der Waals surface area contributed by atoms with E-state index in [9.17, 15) is 13.9 Å². The highest BCUT2D eigenvalue weighted by Crippen LogP contribution is 2.34. The molecule has 0 amide bonds. The third-order valence-corrected chi connectivity index (χ3v) is 4.36. The minimum atomic E-state index is -1.54. The summed E-state index contributed by atoms with van der Waals surface area (Å²) < 4.78 is 27.4. The van der Waals surface area contributed by atoms with Crippen LogP contribution < -0.4 is 0 Å². The number of rotatable bonds is 2. The van der Waals surface area contributed by atoms with Crippen molar-refractivity contribution in [3.05, 3.63) is 70.3 Å². The average Bonchev–Trinajstić information content (AvgIpc) is 2.49. The SMILES string of the molecule is CC(O)(c1ccc2c(c1)CCCC2)c1cc(F)ccc1F. The van der Waals surface area contributed by atoms with Gasteiger partial charge in [0.15, 0.2) is 0 Å². The van der Waals surface area contributed by atoms with E-state index in [0.717, 1.165) is 37.5 Å². The molecule has 0 heterocycles. The smallest absolute Gasteiger partial charge is 0.129 e. The first-order valence-electron chi connectivity index (χ1n) is 7.28. The van der Waals surface area contributed by atoms with E-state index in [1.54, 1.807) is 0 Å². The molecule has 1 atom stereocenters. The van der Waals surface area contributed by atoms with Gasteiger partial charge in [-0.1, -0.05) is 18.2 Å². The Bertz CT molecular complexity index is 677. The second kappa shape index (κ2) is 5.23. The highest BCUT2D eigenvalue weighted by molar-refractivity contribution is 5.41. The van der Waals surface area contributed by atoms with Crippen LogP contribution in [0, 0.1) is 11.6 Å². The Morgan fingerprint density at radius 1 is 0.952 bits per heavy atom. The molecule has 0 aromatic heterocycles. The number of hydrogen-bond acceptors (Lipinski definition) is 1. The minimum absolute atomic E-state index is 0.0294. The Labute approximate surface area is 123 Å². The standard InChI is InChI=1S/C18H18F2O/c1-18(21,16-11-15(19)8-9-17(16)20)14-7-6-12-4-2-3-5-13(12)10-14/h6-11,21H,2-5H2,1H3. The van der Waals surface area contributed by atoms with E-state index in [1.807, 2.05) is 18.2 Å². The summed E-state index contributed by atoms with van der Waals surface area (Å²) in [5.74, 6) is -1.15. The predicted molar refractivity (Wildman–Crippen MR) is 78.1 cm³/mol. The second-order valence-corrected chi connectivity index (χ2v) is 5.89. The van der Waals surface area contributed by atoms with Crippen LogP contribution in [0.5, 0.6) is 0 Å². The van der Waals surface area contributed by atoms with Crippen molar-refractivity contribution in [3.63, 3.8) is 0 Å². The lowest BCUT2D eigenvalue weighted by Crippen LogP contribution is -2.25. The van der Waals surface area contributed by atoms with Crippen molar-refractivity contribution in [2.45, 2.75) is 38.2 Å². The molecule has 1 N–H and O–H groups in total. The molecule has 2 aromatic rings. The van der Waals surface area contributed by atoms with Crippen molar-refractivity contribution >= 4 is 0 Å².